The van der Waals surface area contributed by atoms with Crippen LogP contribution in [0.1, 0.15) is 37.4 Å². The molecule has 3 rings (SSSR count). The number of carbonyl (C=O) groups is 2. The van der Waals surface area contributed by atoms with Crippen LogP contribution in [0, 0.1) is 6.92 Å². The van der Waals surface area contributed by atoms with Crippen LogP contribution in [-0.2, 0) is 9.59 Å². The molecule has 0 spiro atoms. The number of aryl methyl sites for hydroxylation is 1. The molecule has 1 N–H and O–H groups in total. The molecule has 6 nitrogen and oxygen atoms in total. The van der Waals surface area contributed by atoms with E-state index in [0.717, 1.165) is 16.9 Å². The number of anilines is 1. The molecule has 1 aliphatic rings. The van der Waals surface area contributed by atoms with Crippen molar-refractivity contribution in [3.05, 3.63) is 53.6 Å². The Morgan fingerprint density at radius 1 is 1.29 bits per heavy atom. The van der Waals surface area contributed by atoms with E-state index in [1.807, 2.05) is 56.3 Å². The second-order valence-corrected chi connectivity index (χ2v) is 7.00. The lowest BCUT2D eigenvalue weighted by Gasteiger charge is -2.33. The van der Waals surface area contributed by atoms with Crippen molar-refractivity contribution in [2.24, 2.45) is 0 Å². The highest BCUT2D eigenvalue weighted by Crippen LogP contribution is 2.33. The Kier molecular flexibility index (Phi) is 5.87. The van der Waals surface area contributed by atoms with Crippen LogP contribution in [0.2, 0.25) is 0 Å². The maximum Gasteiger partial charge on any atom is 0.267 e. The van der Waals surface area contributed by atoms with E-state index in [2.05, 4.69) is 5.32 Å². The summed E-state index contributed by atoms with van der Waals surface area (Å²) >= 11 is 0. The number of hydrogen-bond acceptors (Lipinski definition) is 4. The zero-order valence-electron chi connectivity index (χ0n) is 16.7. The number of amides is 2. The maximum atomic E-state index is 12.5. The summed E-state index contributed by atoms with van der Waals surface area (Å²) < 4.78 is 11.0. The summed E-state index contributed by atoms with van der Waals surface area (Å²) in [5, 5.41) is 3.00. The molecule has 1 aliphatic heterocycles. The van der Waals surface area contributed by atoms with Gasteiger partial charge in [0.2, 0.25) is 5.91 Å². The molecule has 0 aromatic heterocycles. The van der Waals surface area contributed by atoms with Crippen molar-refractivity contribution in [2.75, 3.05) is 18.6 Å². The van der Waals surface area contributed by atoms with Gasteiger partial charge in [-0.25, -0.2) is 0 Å². The number of nitrogens with zero attached hydrogens (tertiary/aromatic N) is 1. The van der Waals surface area contributed by atoms with Gasteiger partial charge in [0.15, 0.2) is 6.10 Å². The molecule has 1 heterocycles. The molecule has 148 valence electrons. The summed E-state index contributed by atoms with van der Waals surface area (Å²) in [6.07, 6.45) is -0.362. The molecule has 2 aromatic carbocycles. The molecular formula is C22H26N2O4. The lowest BCUT2D eigenvalue weighted by molar-refractivity contribution is -0.125. The molecule has 0 radical (unpaired) electrons. The number of ether oxygens (including phenoxy) is 2. The number of methoxy groups -OCH3 is 1. The van der Waals surface area contributed by atoms with Gasteiger partial charge in [-0.2, -0.15) is 0 Å². The smallest absolute Gasteiger partial charge is 0.267 e. The van der Waals surface area contributed by atoms with Crippen LogP contribution >= 0.6 is 0 Å². The van der Waals surface area contributed by atoms with Crippen molar-refractivity contribution >= 4 is 17.5 Å². The van der Waals surface area contributed by atoms with Crippen molar-refractivity contribution in [2.45, 2.75) is 39.3 Å². The standard InChI is InChI=1S/C22H26N2O4/c1-14-9-10-19(27-4)17(13-14)15(2)23-21(25)11-12-24-18-7-5-6-8-20(18)28-16(3)22(24)26/h5-10,13,15-16H,11-12H2,1-4H3,(H,23,25). The summed E-state index contributed by atoms with van der Waals surface area (Å²) in [7, 11) is 1.62. The fraction of sp³-hybridized carbons (Fsp3) is 0.364. The Morgan fingerprint density at radius 3 is 2.79 bits per heavy atom. The van der Waals surface area contributed by atoms with Crippen LogP contribution in [-0.4, -0.2) is 31.6 Å². The van der Waals surface area contributed by atoms with Crippen molar-refractivity contribution in [3.8, 4) is 11.5 Å². The third-order valence-corrected chi connectivity index (χ3v) is 4.87. The molecule has 0 fully saturated rings. The van der Waals surface area contributed by atoms with E-state index in [9.17, 15) is 9.59 Å². The van der Waals surface area contributed by atoms with Gasteiger partial charge in [-0.1, -0.05) is 29.8 Å². The van der Waals surface area contributed by atoms with Crippen molar-refractivity contribution < 1.29 is 19.1 Å². The van der Waals surface area contributed by atoms with Gasteiger partial charge >= 0.3 is 0 Å². The molecule has 0 saturated carbocycles. The molecule has 28 heavy (non-hydrogen) atoms. The highest BCUT2D eigenvalue weighted by Gasteiger charge is 2.31. The van der Waals surface area contributed by atoms with E-state index in [-0.39, 0.29) is 24.3 Å². The SMILES string of the molecule is COc1ccc(C)cc1C(C)NC(=O)CCN1C(=O)C(C)Oc2ccccc21. The van der Waals surface area contributed by atoms with Gasteiger partial charge in [0, 0.05) is 18.5 Å². The third-order valence-electron chi connectivity index (χ3n) is 4.87. The fourth-order valence-electron chi connectivity index (χ4n) is 3.39. The summed E-state index contributed by atoms with van der Waals surface area (Å²) in [4.78, 5) is 26.7. The molecule has 2 atom stereocenters. The van der Waals surface area contributed by atoms with Crippen molar-refractivity contribution in [3.63, 3.8) is 0 Å². The minimum atomic E-state index is -0.562. The summed E-state index contributed by atoms with van der Waals surface area (Å²) in [6.45, 7) is 5.94. The van der Waals surface area contributed by atoms with E-state index in [1.54, 1.807) is 18.9 Å². The van der Waals surface area contributed by atoms with Crippen molar-refractivity contribution in [1.29, 1.82) is 0 Å². The number of fused-ring (bicyclic) bond motifs is 1. The van der Waals surface area contributed by atoms with Crippen LogP contribution in [0.3, 0.4) is 0 Å². The van der Waals surface area contributed by atoms with E-state index in [4.69, 9.17) is 9.47 Å². The van der Waals surface area contributed by atoms with E-state index in [0.29, 0.717) is 18.0 Å². The number of benzene rings is 2. The van der Waals surface area contributed by atoms with Gasteiger partial charge in [-0.3, -0.25) is 9.59 Å². The number of carbonyl (C=O) groups excluding carboxylic acids is 2. The summed E-state index contributed by atoms with van der Waals surface area (Å²) in [5.41, 5.74) is 2.73. The fourth-order valence-corrected chi connectivity index (χ4v) is 3.39. The summed E-state index contributed by atoms with van der Waals surface area (Å²) in [6, 6.07) is 13.1. The van der Waals surface area contributed by atoms with Crippen LogP contribution in [0.15, 0.2) is 42.5 Å². The van der Waals surface area contributed by atoms with Gasteiger partial charge in [0.25, 0.3) is 5.91 Å². The Labute approximate surface area is 165 Å². The molecular weight excluding hydrogens is 356 g/mol. The number of para-hydroxylation sites is 2. The van der Waals surface area contributed by atoms with Gasteiger partial charge in [-0.15, -0.1) is 0 Å². The first-order chi connectivity index (χ1) is 13.4. The van der Waals surface area contributed by atoms with Gasteiger partial charge in [0.05, 0.1) is 18.8 Å². The average molecular weight is 382 g/mol. The van der Waals surface area contributed by atoms with Crippen LogP contribution in [0.25, 0.3) is 0 Å². The van der Waals surface area contributed by atoms with Crippen LogP contribution in [0.4, 0.5) is 5.69 Å². The second kappa shape index (κ2) is 8.33. The molecule has 2 amide bonds. The third kappa shape index (κ3) is 4.11. The number of hydrogen-bond donors (Lipinski definition) is 1. The highest BCUT2D eigenvalue weighted by atomic mass is 16.5. The Bertz CT molecular complexity index is 881. The topological polar surface area (TPSA) is 67.9 Å². The molecule has 6 heteroatoms. The largest absolute Gasteiger partial charge is 0.496 e. The van der Waals surface area contributed by atoms with Crippen molar-refractivity contribution in [1.82, 2.24) is 5.32 Å². The second-order valence-electron chi connectivity index (χ2n) is 7.00. The normalized spacial score (nSPS) is 16.8. The van der Waals surface area contributed by atoms with Crippen LogP contribution in [0.5, 0.6) is 11.5 Å². The molecule has 0 bridgehead atoms. The predicted molar refractivity (Wildman–Crippen MR) is 108 cm³/mol. The monoisotopic (exact) mass is 382 g/mol. The first kappa shape index (κ1) is 19.7. The van der Waals surface area contributed by atoms with Gasteiger partial charge < -0.3 is 19.7 Å². The van der Waals surface area contributed by atoms with Gasteiger partial charge in [-0.05, 0) is 39.0 Å². The first-order valence-electron chi connectivity index (χ1n) is 9.41. The number of nitrogens with one attached hydrogen (secondary N) is 1. The summed E-state index contributed by atoms with van der Waals surface area (Å²) in [5.74, 6) is 1.14. The molecule has 2 aromatic rings. The minimum Gasteiger partial charge on any atom is -0.496 e. The lowest BCUT2D eigenvalue weighted by Crippen LogP contribution is -2.45. The van der Waals surface area contributed by atoms with E-state index in [1.165, 1.54) is 0 Å². The molecule has 2 unspecified atom stereocenters. The quantitative estimate of drug-likeness (QED) is 0.832. The number of rotatable bonds is 6. The zero-order chi connectivity index (χ0) is 20.3. The maximum absolute atomic E-state index is 12.5. The Hall–Kier alpha value is -3.02. The minimum absolute atomic E-state index is 0.125. The van der Waals surface area contributed by atoms with E-state index < -0.39 is 6.10 Å². The highest BCUT2D eigenvalue weighted by molar-refractivity contribution is 6.00. The average Bonchev–Trinajstić information content (AvgIpc) is 2.68. The van der Waals surface area contributed by atoms with Crippen LogP contribution < -0.4 is 19.7 Å². The van der Waals surface area contributed by atoms with E-state index >= 15 is 0 Å². The Balaban J connectivity index is 1.66. The van der Waals surface area contributed by atoms with Gasteiger partial charge in [0.1, 0.15) is 11.5 Å². The zero-order valence-corrected chi connectivity index (χ0v) is 16.7. The Morgan fingerprint density at radius 2 is 2.04 bits per heavy atom. The predicted octanol–water partition coefficient (Wildman–Crippen LogP) is 3.39. The first-order valence-corrected chi connectivity index (χ1v) is 9.41. The lowest BCUT2D eigenvalue weighted by atomic mass is 10.0. The molecule has 0 saturated heterocycles. The molecule has 0 aliphatic carbocycles.